The second kappa shape index (κ2) is 5.95. The van der Waals surface area contributed by atoms with Crippen LogP contribution in [0.15, 0.2) is 22.7 Å². The van der Waals surface area contributed by atoms with Gasteiger partial charge in [-0.2, -0.15) is 0 Å². The molecule has 1 rings (SSSR count). The first-order valence-electron chi connectivity index (χ1n) is 4.82. The molecule has 1 aromatic carbocycles. The lowest BCUT2D eigenvalue weighted by Gasteiger charge is -2.11. The summed E-state index contributed by atoms with van der Waals surface area (Å²) in [5, 5.41) is 3.44. The standard InChI is InChI=1S/C11H15BrIN/c1-3-8(2)7-14-9-4-5-10(12)11(13)6-9/h4-6,8,14H,3,7H2,1-2H3. The van der Waals surface area contributed by atoms with E-state index in [1.165, 1.54) is 15.7 Å². The van der Waals surface area contributed by atoms with E-state index in [-0.39, 0.29) is 0 Å². The van der Waals surface area contributed by atoms with Crippen LogP contribution in [0.1, 0.15) is 20.3 Å². The van der Waals surface area contributed by atoms with E-state index in [1.807, 2.05) is 0 Å². The molecule has 0 spiro atoms. The van der Waals surface area contributed by atoms with Gasteiger partial charge in [0.2, 0.25) is 0 Å². The maximum Gasteiger partial charge on any atom is 0.0351 e. The highest BCUT2D eigenvalue weighted by Crippen LogP contribution is 2.22. The third-order valence-corrected chi connectivity index (χ3v) is 4.60. The predicted octanol–water partition coefficient (Wildman–Crippen LogP) is 4.51. The first-order valence-corrected chi connectivity index (χ1v) is 6.69. The van der Waals surface area contributed by atoms with Crippen molar-refractivity contribution in [3.63, 3.8) is 0 Å². The van der Waals surface area contributed by atoms with E-state index >= 15 is 0 Å². The summed E-state index contributed by atoms with van der Waals surface area (Å²) in [6, 6.07) is 6.35. The van der Waals surface area contributed by atoms with Crippen LogP contribution < -0.4 is 5.32 Å². The van der Waals surface area contributed by atoms with Crippen molar-refractivity contribution < 1.29 is 0 Å². The van der Waals surface area contributed by atoms with Gasteiger partial charge in [-0.15, -0.1) is 0 Å². The number of hydrogen-bond acceptors (Lipinski definition) is 1. The van der Waals surface area contributed by atoms with E-state index in [4.69, 9.17) is 0 Å². The number of anilines is 1. The van der Waals surface area contributed by atoms with Crippen molar-refractivity contribution in [1.29, 1.82) is 0 Å². The SMILES string of the molecule is CCC(C)CNc1ccc(Br)c(I)c1. The van der Waals surface area contributed by atoms with Crippen LogP contribution in [-0.4, -0.2) is 6.54 Å². The van der Waals surface area contributed by atoms with Gasteiger partial charge in [-0.1, -0.05) is 20.3 Å². The van der Waals surface area contributed by atoms with E-state index in [1.54, 1.807) is 0 Å². The van der Waals surface area contributed by atoms with Crippen LogP contribution in [0.4, 0.5) is 5.69 Å². The zero-order chi connectivity index (χ0) is 10.6. The minimum absolute atomic E-state index is 0.733. The molecule has 1 N–H and O–H groups in total. The summed E-state index contributed by atoms with van der Waals surface area (Å²) in [7, 11) is 0. The van der Waals surface area contributed by atoms with Gasteiger partial charge in [-0.3, -0.25) is 0 Å². The summed E-state index contributed by atoms with van der Waals surface area (Å²) in [6.45, 7) is 5.53. The lowest BCUT2D eigenvalue weighted by Crippen LogP contribution is -2.10. The summed E-state index contributed by atoms with van der Waals surface area (Å²) < 4.78 is 2.41. The van der Waals surface area contributed by atoms with E-state index in [9.17, 15) is 0 Å². The van der Waals surface area contributed by atoms with Crippen molar-refractivity contribution in [1.82, 2.24) is 0 Å². The average Bonchev–Trinajstić information content (AvgIpc) is 2.19. The van der Waals surface area contributed by atoms with Crippen molar-refractivity contribution in [2.75, 3.05) is 11.9 Å². The number of benzene rings is 1. The fourth-order valence-corrected chi connectivity index (χ4v) is 1.80. The van der Waals surface area contributed by atoms with Crippen LogP contribution in [0.5, 0.6) is 0 Å². The molecule has 0 radical (unpaired) electrons. The third-order valence-electron chi connectivity index (χ3n) is 2.27. The van der Waals surface area contributed by atoms with Gasteiger partial charge in [0.25, 0.3) is 0 Å². The van der Waals surface area contributed by atoms with Gasteiger partial charge in [0, 0.05) is 20.3 Å². The van der Waals surface area contributed by atoms with Crippen molar-refractivity contribution in [3.8, 4) is 0 Å². The maximum atomic E-state index is 3.49. The molecule has 0 saturated carbocycles. The zero-order valence-corrected chi connectivity index (χ0v) is 12.2. The molecule has 1 aromatic rings. The minimum atomic E-state index is 0.733. The molecule has 1 atom stereocenters. The Morgan fingerprint density at radius 2 is 2.21 bits per heavy atom. The Morgan fingerprint density at radius 3 is 2.79 bits per heavy atom. The first kappa shape index (κ1) is 12.3. The number of halogens is 2. The predicted molar refractivity (Wildman–Crippen MR) is 74.8 cm³/mol. The molecule has 0 aliphatic rings. The molecule has 0 heterocycles. The lowest BCUT2D eigenvalue weighted by molar-refractivity contribution is 0.593. The van der Waals surface area contributed by atoms with Crippen LogP contribution in [0.25, 0.3) is 0 Å². The molecule has 0 saturated heterocycles. The van der Waals surface area contributed by atoms with Gasteiger partial charge in [-0.05, 0) is 62.6 Å². The van der Waals surface area contributed by atoms with E-state index in [0.717, 1.165) is 16.9 Å². The second-order valence-electron chi connectivity index (χ2n) is 3.52. The summed E-state index contributed by atoms with van der Waals surface area (Å²) in [5.41, 5.74) is 1.21. The van der Waals surface area contributed by atoms with Crippen molar-refractivity contribution >= 4 is 44.2 Å². The van der Waals surface area contributed by atoms with Gasteiger partial charge in [0.15, 0.2) is 0 Å². The van der Waals surface area contributed by atoms with Crippen LogP contribution in [0.3, 0.4) is 0 Å². The average molecular weight is 368 g/mol. The normalized spacial score (nSPS) is 12.6. The Bertz CT molecular complexity index is 301. The Balaban J connectivity index is 2.55. The molecule has 0 aromatic heterocycles. The minimum Gasteiger partial charge on any atom is -0.385 e. The van der Waals surface area contributed by atoms with Gasteiger partial charge in [0.1, 0.15) is 0 Å². The molecule has 1 nitrogen and oxygen atoms in total. The number of nitrogens with one attached hydrogen (secondary N) is 1. The number of rotatable bonds is 4. The molecule has 1 unspecified atom stereocenters. The first-order chi connectivity index (χ1) is 6.63. The summed E-state index contributed by atoms with van der Waals surface area (Å²) in [5.74, 6) is 0.733. The van der Waals surface area contributed by atoms with Crippen LogP contribution in [0, 0.1) is 9.49 Å². The molecule has 0 bridgehead atoms. The Hall–Kier alpha value is 0.230. The molecule has 0 aliphatic heterocycles. The smallest absolute Gasteiger partial charge is 0.0351 e. The van der Waals surface area contributed by atoms with Crippen molar-refractivity contribution in [2.24, 2.45) is 5.92 Å². The number of hydrogen-bond donors (Lipinski definition) is 1. The topological polar surface area (TPSA) is 12.0 Å². The highest BCUT2D eigenvalue weighted by Gasteiger charge is 2.00. The van der Waals surface area contributed by atoms with Crippen LogP contribution in [0.2, 0.25) is 0 Å². The molecule has 14 heavy (non-hydrogen) atoms. The van der Waals surface area contributed by atoms with Gasteiger partial charge in [0.05, 0.1) is 0 Å². The Labute approximate surface area is 108 Å². The van der Waals surface area contributed by atoms with Crippen molar-refractivity contribution in [3.05, 3.63) is 26.2 Å². The molecule has 3 heteroatoms. The van der Waals surface area contributed by atoms with E-state index < -0.39 is 0 Å². The van der Waals surface area contributed by atoms with E-state index in [2.05, 4.69) is 75.9 Å². The van der Waals surface area contributed by atoms with Gasteiger partial charge < -0.3 is 5.32 Å². The highest BCUT2D eigenvalue weighted by atomic mass is 127. The second-order valence-corrected chi connectivity index (χ2v) is 5.54. The van der Waals surface area contributed by atoms with E-state index in [0.29, 0.717) is 0 Å². The molecule has 0 amide bonds. The van der Waals surface area contributed by atoms with Gasteiger partial charge in [-0.25, -0.2) is 0 Å². The van der Waals surface area contributed by atoms with Crippen molar-refractivity contribution in [2.45, 2.75) is 20.3 Å². The fourth-order valence-electron chi connectivity index (χ4n) is 1.04. The molecule has 0 fully saturated rings. The largest absolute Gasteiger partial charge is 0.385 e. The molecular weight excluding hydrogens is 353 g/mol. The summed E-state index contributed by atoms with van der Waals surface area (Å²) in [6.07, 6.45) is 1.22. The quantitative estimate of drug-likeness (QED) is 0.772. The molecular formula is C11H15BrIN. The lowest BCUT2D eigenvalue weighted by atomic mass is 10.1. The molecule has 78 valence electrons. The Kier molecular flexibility index (Phi) is 5.23. The summed E-state index contributed by atoms with van der Waals surface area (Å²) >= 11 is 5.82. The zero-order valence-electron chi connectivity index (χ0n) is 8.48. The molecule has 0 aliphatic carbocycles. The third kappa shape index (κ3) is 3.77. The Morgan fingerprint density at radius 1 is 1.50 bits per heavy atom. The monoisotopic (exact) mass is 367 g/mol. The summed E-state index contributed by atoms with van der Waals surface area (Å²) in [4.78, 5) is 0. The van der Waals surface area contributed by atoms with Crippen LogP contribution in [-0.2, 0) is 0 Å². The van der Waals surface area contributed by atoms with Gasteiger partial charge >= 0.3 is 0 Å². The van der Waals surface area contributed by atoms with Crippen LogP contribution >= 0.6 is 38.5 Å². The fraction of sp³-hybridized carbons (Fsp3) is 0.455. The maximum absolute atomic E-state index is 3.49. The highest BCUT2D eigenvalue weighted by molar-refractivity contribution is 14.1.